The van der Waals surface area contributed by atoms with Crippen LogP contribution in [0.1, 0.15) is 6.42 Å². The molecule has 4 N–H and O–H groups in total. The summed E-state index contributed by atoms with van der Waals surface area (Å²) in [6, 6.07) is 0.604. The van der Waals surface area contributed by atoms with Gasteiger partial charge in [0.05, 0.1) is 0 Å². The minimum atomic E-state index is 0.604. The Bertz CT molecular complexity index is 162. The van der Waals surface area contributed by atoms with Gasteiger partial charge in [-0.15, -0.1) is 0 Å². The highest BCUT2D eigenvalue weighted by molar-refractivity contribution is 4.87. The molecule has 2 unspecified atom stereocenters. The summed E-state index contributed by atoms with van der Waals surface area (Å²) in [5, 5.41) is 6.81. The van der Waals surface area contributed by atoms with Gasteiger partial charge in [0.15, 0.2) is 0 Å². The summed E-state index contributed by atoms with van der Waals surface area (Å²) in [4.78, 5) is 2.56. The highest BCUT2D eigenvalue weighted by atomic mass is 15.2. The SMILES string of the molecule is NCC(C1CCNC1)N1CCNCC1. The van der Waals surface area contributed by atoms with E-state index in [0.717, 1.165) is 32.1 Å². The van der Waals surface area contributed by atoms with Gasteiger partial charge in [0.1, 0.15) is 0 Å². The first kappa shape index (κ1) is 10.4. The average Bonchev–Trinajstić information content (AvgIpc) is 2.74. The topological polar surface area (TPSA) is 53.3 Å². The van der Waals surface area contributed by atoms with E-state index in [1.54, 1.807) is 0 Å². The van der Waals surface area contributed by atoms with E-state index < -0.39 is 0 Å². The van der Waals surface area contributed by atoms with Crippen LogP contribution >= 0.6 is 0 Å². The van der Waals surface area contributed by atoms with E-state index in [2.05, 4.69) is 15.5 Å². The zero-order chi connectivity index (χ0) is 9.80. The second-order valence-electron chi connectivity index (χ2n) is 4.34. The molecule has 0 aliphatic carbocycles. The van der Waals surface area contributed by atoms with Crippen LogP contribution in [0.15, 0.2) is 0 Å². The summed E-state index contributed by atoms with van der Waals surface area (Å²) >= 11 is 0. The Hall–Kier alpha value is -0.160. The number of hydrogen-bond acceptors (Lipinski definition) is 4. The van der Waals surface area contributed by atoms with E-state index in [-0.39, 0.29) is 0 Å². The fourth-order valence-corrected chi connectivity index (χ4v) is 2.66. The van der Waals surface area contributed by atoms with Crippen LogP contribution in [0.4, 0.5) is 0 Å². The number of nitrogens with two attached hydrogens (primary N) is 1. The van der Waals surface area contributed by atoms with Crippen LogP contribution in [0, 0.1) is 5.92 Å². The largest absolute Gasteiger partial charge is 0.329 e. The van der Waals surface area contributed by atoms with Crippen LogP contribution in [-0.2, 0) is 0 Å². The first-order valence-corrected chi connectivity index (χ1v) is 5.77. The van der Waals surface area contributed by atoms with Crippen LogP contribution in [0.5, 0.6) is 0 Å². The maximum Gasteiger partial charge on any atom is 0.0260 e. The lowest BCUT2D eigenvalue weighted by atomic mass is 9.97. The van der Waals surface area contributed by atoms with E-state index >= 15 is 0 Å². The van der Waals surface area contributed by atoms with Gasteiger partial charge in [-0.3, -0.25) is 4.90 Å². The van der Waals surface area contributed by atoms with Crippen molar-refractivity contribution in [1.82, 2.24) is 15.5 Å². The first-order chi connectivity index (χ1) is 6.92. The fourth-order valence-electron chi connectivity index (χ4n) is 2.66. The van der Waals surface area contributed by atoms with Gasteiger partial charge in [0, 0.05) is 38.8 Å². The minimum Gasteiger partial charge on any atom is -0.329 e. The van der Waals surface area contributed by atoms with Crippen molar-refractivity contribution >= 4 is 0 Å². The lowest BCUT2D eigenvalue weighted by Gasteiger charge is -2.37. The molecule has 0 spiro atoms. The highest BCUT2D eigenvalue weighted by Crippen LogP contribution is 2.17. The zero-order valence-corrected chi connectivity index (χ0v) is 8.84. The van der Waals surface area contributed by atoms with Gasteiger partial charge >= 0.3 is 0 Å². The maximum atomic E-state index is 5.89. The van der Waals surface area contributed by atoms with Crippen molar-refractivity contribution in [1.29, 1.82) is 0 Å². The Morgan fingerprint density at radius 2 is 2.00 bits per heavy atom. The van der Waals surface area contributed by atoms with E-state index in [0.29, 0.717) is 6.04 Å². The Morgan fingerprint density at radius 1 is 1.21 bits per heavy atom. The molecule has 2 saturated heterocycles. The molecule has 82 valence electrons. The molecule has 0 bridgehead atoms. The lowest BCUT2D eigenvalue weighted by molar-refractivity contribution is 0.135. The van der Waals surface area contributed by atoms with Crippen LogP contribution in [0.2, 0.25) is 0 Å². The van der Waals surface area contributed by atoms with Crippen molar-refractivity contribution in [2.24, 2.45) is 11.7 Å². The Labute approximate surface area is 86.2 Å². The Kier molecular flexibility index (Phi) is 3.75. The van der Waals surface area contributed by atoms with Crippen LogP contribution < -0.4 is 16.4 Å². The first-order valence-electron chi connectivity index (χ1n) is 5.77. The van der Waals surface area contributed by atoms with Crippen LogP contribution in [-0.4, -0.2) is 56.8 Å². The van der Waals surface area contributed by atoms with Crippen molar-refractivity contribution in [3.63, 3.8) is 0 Å². The summed E-state index contributed by atoms with van der Waals surface area (Å²) < 4.78 is 0. The van der Waals surface area contributed by atoms with Gasteiger partial charge < -0.3 is 16.4 Å². The smallest absolute Gasteiger partial charge is 0.0260 e. The number of piperazine rings is 1. The predicted molar refractivity (Wildman–Crippen MR) is 58.3 cm³/mol. The number of nitrogens with one attached hydrogen (secondary N) is 2. The van der Waals surface area contributed by atoms with E-state index in [4.69, 9.17) is 5.73 Å². The molecule has 0 saturated carbocycles. The Morgan fingerprint density at radius 3 is 2.57 bits per heavy atom. The molecule has 0 aromatic carbocycles. The maximum absolute atomic E-state index is 5.89. The van der Waals surface area contributed by atoms with Gasteiger partial charge in [0.25, 0.3) is 0 Å². The lowest BCUT2D eigenvalue weighted by Crippen LogP contribution is -2.53. The normalized spacial score (nSPS) is 31.9. The molecule has 2 aliphatic heterocycles. The van der Waals surface area contributed by atoms with Crippen molar-refractivity contribution < 1.29 is 0 Å². The molecular weight excluding hydrogens is 176 g/mol. The highest BCUT2D eigenvalue weighted by Gasteiger charge is 2.29. The number of rotatable bonds is 3. The molecule has 2 heterocycles. The van der Waals surface area contributed by atoms with Crippen molar-refractivity contribution in [3.05, 3.63) is 0 Å². The molecule has 2 fully saturated rings. The van der Waals surface area contributed by atoms with Crippen LogP contribution in [0.3, 0.4) is 0 Å². The third-order valence-corrected chi connectivity index (χ3v) is 3.50. The fraction of sp³-hybridized carbons (Fsp3) is 1.00. The molecule has 4 nitrogen and oxygen atoms in total. The third-order valence-electron chi connectivity index (χ3n) is 3.50. The monoisotopic (exact) mass is 198 g/mol. The molecule has 0 aromatic rings. The molecule has 4 heteroatoms. The van der Waals surface area contributed by atoms with Crippen molar-refractivity contribution in [2.45, 2.75) is 12.5 Å². The van der Waals surface area contributed by atoms with E-state index in [1.807, 2.05) is 0 Å². The summed E-state index contributed by atoms with van der Waals surface area (Å²) in [6.45, 7) is 7.72. The molecular formula is C10H22N4. The summed E-state index contributed by atoms with van der Waals surface area (Å²) in [7, 11) is 0. The molecule has 2 atom stereocenters. The minimum absolute atomic E-state index is 0.604. The molecule has 14 heavy (non-hydrogen) atoms. The predicted octanol–water partition coefficient (Wildman–Crippen LogP) is -1.17. The van der Waals surface area contributed by atoms with Crippen molar-refractivity contribution in [2.75, 3.05) is 45.8 Å². The second-order valence-corrected chi connectivity index (χ2v) is 4.34. The van der Waals surface area contributed by atoms with Gasteiger partial charge in [-0.1, -0.05) is 0 Å². The molecule has 2 aliphatic rings. The third kappa shape index (κ3) is 2.25. The standard InChI is InChI=1S/C10H22N4/c11-7-10(9-1-2-13-8-9)14-5-3-12-4-6-14/h9-10,12-13H,1-8,11H2. The summed E-state index contributed by atoms with van der Waals surface area (Å²) in [5.41, 5.74) is 5.89. The van der Waals surface area contributed by atoms with E-state index in [9.17, 15) is 0 Å². The number of nitrogens with zero attached hydrogens (tertiary/aromatic N) is 1. The van der Waals surface area contributed by atoms with Crippen molar-refractivity contribution in [3.8, 4) is 0 Å². The van der Waals surface area contributed by atoms with Gasteiger partial charge in [0.2, 0.25) is 0 Å². The molecule has 0 radical (unpaired) electrons. The molecule has 2 rings (SSSR count). The zero-order valence-electron chi connectivity index (χ0n) is 8.84. The molecule has 0 amide bonds. The van der Waals surface area contributed by atoms with Gasteiger partial charge in [-0.05, 0) is 25.4 Å². The van der Waals surface area contributed by atoms with E-state index in [1.165, 1.54) is 26.1 Å². The average molecular weight is 198 g/mol. The molecule has 0 aromatic heterocycles. The summed E-state index contributed by atoms with van der Waals surface area (Å²) in [6.07, 6.45) is 1.30. The second kappa shape index (κ2) is 5.07. The Balaban J connectivity index is 1.89. The van der Waals surface area contributed by atoms with Gasteiger partial charge in [-0.25, -0.2) is 0 Å². The number of hydrogen-bond donors (Lipinski definition) is 3. The summed E-state index contributed by atoms with van der Waals surface area (Å²) in [5.74, 6) is 0.776. The van der Waals surface area contributed by atoms with Gasteiger partial charge in [-0.2, -0.15) is 0 Å². The quantitative estimate of drug-likeness (QED) is 0.535. The van der Waals surface area contributed by atoms with Crippen LogP contribution in [0.25, 0.3) is 0 Å².